The first-order valence-corrected chi connectivity index (χ1v) is 6.01. The Kier molecular flexibility index (Phi) is 5.50. The molecule has 0 spiro atoms. The van der Waals surface area contributed by atoms with Crippen LogP contribution in [0.5, 0.6) is 0 Å². The van der Waals surface area contributed by atoms with E-state index in [-0.39, 0.29) is 0 Å². The Morgan fingerprint density at radius 1 is 1.31 bits per heavy atom. The largest absolute Gasteiger partial charge is 0.382 e. The Labute approximate surface area is 99.0 Å². The standard InChI is InChI=1S/C14H23NO/c1-5-16-9-8-14(15-4)13-10-11(2)6-7-12(13)3/h6-7,10,14-15H,5,8-9H2,1-4H3. The molecule has 1 atom stereocenters. The van der Waals surface area contributed by atoms with Crippen LogP contribution in [0.1, 0.15) is 36.1 Å². The van der Waals surface area contributed by atoms with Crippen molar-refractivity contribution >= 4 is 0 Å². The van der Waals surface area contributed by atoms with Gasteiger partial charge in [-0.1, -0.05) is 23.8 Å². The number of hydrogen-bond acceptors (Lipinski definition) is 2. The first kappa shape index (κ1) is 13.2. The van der Waals surface area contributed by atoms with E-state index < -0.39 is 0 Å². The predicted octanol–water partition coefficient (Wildman–Crippen LogP) is 2.99. The lowest BCUT2D eigenvalue weighted by molar-refractivity contribution is 0.137. The van der Waals surface area contributed by atoms with Crippen LogP contribution in [-0.2, 0) is 4.74 Å². The lowest BCUT2D eigenvalue weighted by Crippen LogP contribution is -2.19. The van der Waals surface area contributed by atoms with Crippen LogP contribution in [0.3, 0.4) is 0 Å². The molecule has 2 heteroatoms. The summed E-state index contributed by atoms with van der Waals surface area (Å²) in [5.41, 5.74) is 4.06. The summed E-state index contributed by atoms with van der Waals surface area (Å²) < 4.78 is 5.42. The minimum absolute atomic E-state index is 0.395. The van der Waals surface area contributed by atoms with Crippen molar-refractivity contribution in [2.24, 2.45) is 0 Å². The van der Waals surface area contributed by atoms with Gasteiger partial charge in [0.05, 0.1) is 0 Å². The van der Waals surface area contributed by atoms with Crippen molar-refractivity contribution in [1.82, 2.24) is 5.32 Å². The molecule has 1 rings (SSSR count). The zero-order chi connectivity index (χ0) is 12.0. The molecule has 0 aromatic heterocycles. The molecule has 0 saturated carbocycles. The first-order chi connectivity index (χ1) is 7.69. The third-order valence-corrected chi connectivity index (χ3v) is 2.91. The van der Waals surface area contributed by atoms with Gasteiger partial charge in [-0.2, -0.15) is 0 Å². The quantitative estimate of drug-likeness (QED) is 0.746. The molecule has 0 fully saturated rings. The predicted molar refractivity (Wildman–Crippen MR) is 68.8 cm³/mol. The van der Waals surface area contributed by atoms with Crippen molar-refractivity contribution in [3.05, 3.63) is 34.9 Å². The Morgan fingerprint density at radius 3 is 2.69 bits per heavy atom. The maximum absolute atomic E-state index is 5.42. The normalized spacial score (nSPS) is 12.8. The Balaban J connectivity index is 2.73. The summed E-state index contributed by atoms with van der Waals surface area (Å²) >= 11 is 0. The van der Waals surface area contributed by atoms with E-state index in [2.05, 4.69) is 37.4 Å². The number of hydrogen-bond donors (Lipinski definition) is 1. The van der Waals surface area contributed by atoms with Crippen LogP contribution in [0.2, 0.25) is 0 Å². The van der Waals surface area contributed by atoms with Crippen LogP contribution in [0, 0.1) is 13.8 Å². The maximum Gasteiger partial charge on any atom is 0.0484 e. The van der Waals surface area contributed by atoms with Crippen molar-refractivity contribution in [3.63, 3.8) is 0 Å². The molecule has 1 aromatic rings. The highest BCUT2D eigenvalue weighted by Crippen LogP contribution is 2.21. The Hall–Kier alpha value is -0.860. The molecule has 0 heterocycles. The molecule has 1 unspecified atom stereocenters. The molecule has 0 bridgehead atoms. The third-order valence-electron chi connectivity index (χ3n) is 2.91. The van der Waals surface area contributed by atoms with Crippen LogP contribution in [-0.4, -0.2) is 20.3 Å². The van der Waals surface area contributed by atoms with Crippen LogP contribution >= 0.6 is 0 Å². The lowest BCUT2D eigenvalue weighted by Gasteiger charge is -2.19. The summed E-state index contributed by atoms with van der Waals surface area (Å²) in [7, 11) is 2.01. The van der Waals surface area contributed by atoms with Gasteiger partial charge in [-0.3, -0.25) is 0 Å². The highest BCUT2D eigenvalue weighted by atomic mass is 16.5. The zero-order valence-corrected chi connectivity index (χ0v) is 10.8. The van der Waals surface area contributed by atoms with Crippen molar-refractivity contribution < 1.29 is 4.74 Å². The average Bonchev–Trinajstić information content (AvgIpc) is 2.28. The van der Waals surface area contributed by atoms with Crippen molar-refractivity contribution in [2.45, 2.75) is 33.2 Å². The Morgan fingerprint density at radius 2 is 2.06 bits per heavy atom. The van der Waals surface area contributed by atoms with E-state index >= 15 is 0 Å². The van der Waals surface area contributed by atoms with E-state index in [0.717, 1.165) is 19.6 Å². The second-order valence-corrected chi connectivity index (χ2v) is 4.19. The second kappa shape index (κ2) is 6.66. The summed E-state index contributed by atoms with van der Waals surface area (Å²) in [6.45, 7) is 7.95. The van der Waals surface area contributed by atoms with E-state index in [0.29, 0.717) is 6.04 Å². The number of benzene rings is 1. The number of nitrogens with one attached hydrogen (secondary N) is 1. The first-order valence-electron chi connectivity index (χ1n) is 6.01. The second-order valence-electron chi connectivity index (χ2n) is 4.19. The number of rotatable bonds is 6. The van der Waals surface area contributed by atoms with E-state index in [9.17, 15) is 0 Å². The van der Waals surface area contributed by atoms with Crippen LogP contribution in [0.15, 0.2) is 18.2 Å². The van der Waals surface area contributed by atoms with Gasteiger partial charge in [0.15, 0.2) is 0 Å². The van der Waals surface area contributed by atoms with Gasteiger partial charge in [-0.05, 0) is 45.4 Å². The molecule has 0 aliphatic heterocycles. The summed E-state index contributed by atoms with van der Waals surface area (Å²) in [6.07, 6.45) is 1.02. The van der Waals surface area contributed by atoms with Gasteiger partial charge in [0.2, 0.25) is 0 Å². The van der Waals surface area contributed by atoms with E-state index in [4.69, 9.17) is 4.74 Å². The molecule has 90 valence electrons. The summed E-state index contributed by atoms with van der Waals surface area (Å²) in [4.78, 5) is 0. The summed E-state index contributed by atoms with van der Waals surface area (Å²) in [5, 5.41) is 3.37. The van der Waals surface area contributed by atoms with Crippen LogP contribution < -0.4 is 5.32 Å². The van der Waals surface area contributed by atoms with Gasteiger partial charge >= 0.3 is 0 Å². The van der Waals surface area contributed by atoms with Gasteiger partial charge in [-0.25, -0.2) is 0 Å². The monoisotopic (exact) mass is 221 g/mol. The highest BCUT2D eigenvalue weighted by Gasteiger charge is 2.11. The molecule has 0 aliphatic carbocycles. The van der Waals surface area contributed by atoms with E-state index in [1.807, 2.05) is 14.0 Å². The average molecular weight is 221 g/mol. The SMILES string of the molecule is CCOCCC(NC)c1cc(C)ccc1C. The molecule has 16 heavy (non-hydrogen) atoms. The fourth-order valence-electron chi connectivity index (χ4n) is 1.94. The summed E-state index contributed by atoms with van der Waals surface area (Å²) in [5.74, 6) is 0. The van der Waals surface area contributed by atoms with Crippen LogP contribution in [0.25, 0.3) is 0 Å². The van der Waals surface area contributed by atoms with E-state index in [1.165, 1.54) is 16.7 Å². The van der Waals surface area contributed by atoms with Crippen LogP contribution in [0.4, 0.5) is 0 Å². The lowest BCUT2D eigenvalue weighted by atomic mass is 9.97. The molecule has 1 N–H and O–H groups in total. The minimum atomic E-state index is 0.395. The Bertz CT molecular complexity index is 323. The maximum atomic E-state index is 5.42. The molecule has 0 saturated heterocycles. The van der Waals surface area contributed by atoms with Crippen molar-refractivity contribution in [1.29, 1.82) is 0 Å². The van der Waals surface area contributed by atoms with Gasteiger partial charge in [0.25, 0.3) is 0 Å². The molecule has 0 amide bonds. The topological polar surface area (TPSA) is 21.3 Å². The van der Waals surface area contributed by atoms with Gasteiger partial charge < -0.3 is 10.1 Å². The molecular weight excluding hydrogens is 198 g/mol. The van der Waals surface area contributed by atoms with Gasteiger partial charge in [0.1, 0.15) is 0 Å². The van der Waals surface area contributed by atoms with Crippen molar-refractivity contribution in [3.8, 4) is 0 Å². The van der Waals surface area contributed by atoms with E-state index in [1.54, 1.807) is 0 Å². The molecule has 0 radical (unpaired) electrons. The fraction of sp³-hybridized carbons (Fsp3) is 0.571. The minimum Gasteiger partial charge on any atom is -0.382 e. The number of ether oxygens (including phenoxy) is 1. The van der Waals surface area contributed by atoms with Crippen molar-refractivity contribution in [2.75, 3.05) is 20.3 Å². The highest BCUT2D eigenvalue weighted by molar-refractivity contribution is 5.32. The third kappa shape index (κ3) is 3.62. The molecule has 0 aliphatic rings. The zero-order valence-electron chi connectivity index (χ0n) is 10.8. The molecule has 2 nitrogen and oxygen atoms in total. The number of aryl methyl sites for hydroxylation is 2. The molecule has 1 aromatic carbocycles. The van der Waals surface area contributed by atoms with Gasteiger partial charge in [0, 0.05) is 19.3 Å². The fourth-order valence-corrected chi connectivity index (χ4v) is 1.94. The molecular formula is C14H23NO. The van der Waals surface area contributed by atoms with Gasteiger partial charge in [-0.15, -0.1) is 0 Å². The summed E-state index contributed by atoms with van der Waals surface area (Å²) in [6, 6.07) is 7.01. The smallest absolute Gasteiger partial charge is 0.0484 e.